The van der Waals surface area contributed by atoms with Crippen LogP contribution < -0.4 is 5.73 Å². The highest BCUT2D eigenvalue weighted by Crippen LogP contribution is 2.25. The maximum Gasteiger partial charge on any atom is 0.257 e. The number of methoxy groups -OCH3 is 1. The molecule has 1 aromatic carbocycles. The molecule has 0 aliphatic heterocycles. The van der Waals surface area contributed by atoms with E-state index in [1.165, 1.54) is 0 Å². The molecule has 2 N–H and O–H groups in total. The third-order valence-corrected chi connectivity index (χ3v) is 3.76. The van der Waals surface area contributed by atoms with Gasteiger partial charge < -0.3 is 15.4 Å². The molecule has 0 radical (unpaired) electrons. The van der Waals surface area contributed by atoms with Gasteiger partial charge in [0.05, 0.1) is 17.2 Å². The van der Waals surface area contributed by atoms with E-state index >= 15 is 0 Å². The van der Waals surface area contributed by atoms with E-state index < -0.39 is 0 Å². The van der Waals surface area contributed by atoms with Gasteiger partial charge in [-0.15, -0.1) is 0 Å². The van der Waals surface area contributed by atoms with Crippen LogP contribution in [0.3, 0.4) is 0 Å². The molecular formula is C15H23ClN2O2. The molecule has 0 aliphatic carbocycles. The second-order valence-corrected chi connectivity index (χ2v) is 5.07. The maximum atomic E-state index is 12.8. The van der Waals surface area contributed by atoms with Crippen LogP contribution in [0, 0.1) is 0 Å². The number of hydrogen-bond donors (Lipinski definition) is 1. The first-order chi connectivity index (χ1) is 9.56. The van der Waals surface area contributed by atoms with Crippen LogP contribution in [-0.2, 0) is 4.74 Å². The Labute approximate surface area is 125 Å². The van der Waals surface area contributed by atoms with Gasteiger partial charge in [-0.25, -0.2) is 0 Å². The fourth-order valence-corrected chi connectivity index (χ4v) is 2.54. The predicted octanol–water partition coefficient (Wildman–Crippen LogP) is 3.20. The van der Waals surface area contributed by atoms with E-state index in [9.17, 15) is 4.79 Å². The van der Waals surface area contributed by atoms with Gasteiger partial charge in [0.1, 0.15) is 0 Å². The Kier molecular flexibility index (Phi) is 6.82. The summed E-state index contributed by atoms with van der Waals surface area (Å²) in [6.07, 6.45) is 1.77. The summed E-state index contributed by atoms with van der Waals surface area (Å²) in [6, 6.07) is 5.28. The number of carbonyl (C=O) groups is 1. The van der Waals surface area contributed by atoms with Crippen molar-refractivity contribution in [2.75, 3.05) is 26.0 Å². The number of halogens is 1. The second kappa shape index (κ2) is 8.12. The number of carbonyl (C=O) groups excluding carboxylic acids is 1. The van der Waals surface area contributed by atoms with Gasteiger partial charge in [0, 0.05) is 25.4 Å². The van der Waals surface area contributed by atoms with Crippen LogP contribution in [0.2, 0.25) is 5.02 Å². The van der Waals surface area contributed by atoms with Crippen LogP contribution in [-0.4, -0.2) is 37.1 Å². The average molecular weight is 299 g/mol. The number of hydrogen-bond acceptors (Lipinski definition) is 3. The molecule has 0 saturated carbocycles. The number of nitrogens with zero attached hydrogens (tertiary/aromatic N) is 1. The molecule has 1 amide bonds. The molecular weight excluding hydrogens is 276 g/mol. The summed E-state index contributed by atoms with van der Waals surface area (Å²) >= 11 is 6.13. The lowest BCUT2D eigenvalue weighted by molar-refractivity contribution is 0.0590. The third kappa shape index (κ3) is 3.87. The highest BCUT2D eigenvalue weighted by atomic mass is 35.5. The average Bonchev–Trinajstić information content (AvgIpc) is 2.43. The van der Waals surface area contributed by atoms with Gasteiger partial charge in [0.15, 0.2) is 0 Å². The van der Waals surface area contributed by atoms with E-state index in [4.69, 9.17) is 22.1 Å². The smallest absolute Gasteiger partial charge is 0.257 e. The molecule has 112 valence electrons. The molecule has 4 nitrogen and oxygen atoms in total. The fraction of sp³-hybridized carbons (Fsp3) is 0.533. The van der Waals surface area contributed by atoms with E-state index in [-0.39, 0.29) is 11.9 Å². The van der Waals surface area contributed by atoms with Crippen molar-refractivity contribution in [2.24, 2.45) is 0 Å². The van der Waals surface area contributed by atoms with Gasteiger partial charge in [-0.2, -0.15) is 0 Å². The molecule has 0 spiro atoms. The van der Waals surface area contributed by atoms with Crippen molar-refractivity contribution in [2.45, 2.75) is 32.7 Å². The van der Waals surface area contributed by atoms with Gasteiger partial charge in [0.2, 0.25) is 0 Å². The number of benzene rings is 1. The minimum atomic E-state index is -0.126. The van der Waals surface area contributed by atoms with Crippen molar-refractivity contribution in [3.63, 3.8) is 0 Å². The summed E-state index contributed by atoms with van der Waals surface area (Å²) < 4.78 is 5.10. The molecule has 1 rings (SSSR count). The van der Waals surface area contributed by atoms with Crippen molar-refractivity contribution >= 4 is 23.2 Å². The number of ether oxygens (including phenoxy) is 1. The first-order valence-electron chi connectivity index (χ1n) is 6.90. The van der Waals surface area contributed by atoms with Crippen LogP contribution in [0.1, 0.15) is 37.0 Å². The predicted molar refractivity (Wildman–Crippen MR) is 83.1 cm³/mol. The van der Waals surface area contributed by atoms with Crippen molar-refractivity contribution in [3.05, 3.63) is 28.8 Å². The largest absolute Gasteiger partial charge is 0.398 e. The molecule has 20 heavy (non-hydrogen) atoms. The molecule has 1 aromatic rings. The molecule has 0 unspecified atom stereocenters. The summed E-state index contributed by atoms with van der Waals surface area (Å²) in [5.74, 6) is -0.126. The van der Waals surface area contributed by atoms with E-state index in [2.05, 4.69) is 13.8 Å². The van der Waals surface area contributed by atoms with Crippen molar-refractivity contribution in [1.29, 1.82) is 0 Å². The summed E-state index contributed by atoms with van der Waals surface area (Å²) in [6.45, 7) is 5.16. The number of anilines is 1. The molecule has 0 aromatic heterocycles. The molecule has 0 heterocycles. The zero-order valence-corrected chi connectivity index (χ0v) is 13.1. The topological polar surface area (TPSA) is 55.6 Å². The van der Waals surface area contributed by atoms with Gasteiger partial charge in [-0.05, 0) is 25.0 Å². The molecule has 0 atom stereocenters. The summed E-state index contributed by atoms with van der Waals surface area (Å²) in [5, 5.41) is 0.392. The Morgan fingerprint density at radius 1 is 1.40 bits per heavy atom. The van der Waals surface area contributed by atoms with E-state index in [1.54, 1.807) is 30.2 Å². The molecule has 0 aliphatic rings. The zero-order chi connectivity index (χ0) is 15.1. The van der Waals surface area contributed by atoms with E-state index in [0.717, 1.165) is 12.8 Å². The van der Waals surface area contributed by atoms with Crippen LogP contribution >= 0.6 is 11.6 Å². The number of nitrogens with two attached hydrogens (primary N) is 1. The summed E-state index contributed by atoms with van der Waals surface area (Å²) in [7, 11) is 1.62. The first kappa shape index (κ1) is 16.8. The highest BCUT2D eigenvalue weighted by molar-refractivity contribution is 6.34. The van der Waals surface area contributed by atoms with Crippen LogP contribution in [0.15, 0.2) is 18.2 Å². The minimum absolute atomic E-state index is 0.126. The van der Waals surface area contributed by atoms with E-state index in [1.807, 2.05) is 0 Å². The Morgan fingerprint density at radius 3 is 2.55 bits per heavy atom. The Bertz CT molecular complexity index is 427. The summed E-state index contributed by atoms with van der Waals surface area (Å²) in [5.41, 5.74) is 6.71. The van der Waals surface area contributed by atoms with Crippen molar-refractivity contribution in [1.82, 2.24) is 4.90 Å². The lowest BCUT2D eigenvalue weighted by atomic mass is 10.1. The van der Waals surface area contributed by atoms with Crippen molar-refractivity contribution < 1.29 is 9.53 Å². The van der Waals surface area contributed by atoms with Gasteiger partial charge in [0.25, 0.3) is 5.91 Å². The number of amides is 1. The minimum Gasteiger partial charge on any atom is -0.398 e. The third-order valence-electron chi connectivity index (χ3n) is 3.44. The fourth-order valence-electron chi connectivity index (χ4n) is 2.28. The monoisotopic (exact) mass is 298 g/mol. The second-order valence-electron chi connectivity index (χ2n) is 4.67. The summed E-state index contributed by atoms with van der Waals surface area (Å²) in [4.78, 5) is 14.6. The quantitative estimate of drug-likeness (QED) is 0.787. The van der Waals surface area contributed by atoms with Crippen LogP contribution in [0.25, 0.3) is 0 Å². The maximum absolute atomic E-state index is 12.8. The van der Waals surface area contributed by atoms with Gasteiger partial charge >= 0.3 is 0 Å². The molecule has 0 fully saturated rings. The zero-order valence-electron chi connectivity index (χ0n) is 12.4. The Morgan fingerprint density at radius 2 is 2.05 bits per heavy atom. The molecule has 0 saturated heterocycles. The number of nitrogen functional groups attached to an aromatic ring is 1. The highest BCUT2D eigenvalue weighted by Gasteiger charge is 2.25. The first-order valence-corrected chi connectivity index (χ1v) is 7.28. The van der Waals surface area contributed by atoms with Crippen LogP contribution in [0.5, 0.6) is 0 Å². The normalized spacial score (nSPS) is 10.8. The van der Waals surface area contributed by atoms with Gasteiger partial charge in [-0.1, -0.05) is 31.5 Å². The molecule has 5 heteroatoms. The lowest BCUT2D eigenvalue weighted by Gasteiger charge is -2.31. The van der Waals surface area contributed by atoms with Gasteiger partial charge in [-0.3, -0.25) is 4.79 Å². The lowest BCUT2D eigenvalue weighted by Crippen LogP contribution is -2.42. The Hall–Kier alpha value is -1.26. The standard InChI is InChI=1S/C15H23ClN2O2/c1-4-11(5-2)18(9-10-20-3)15(19)14-12(16)7-6-8-13(14)17/h6-8,11H,4-5,9-10,17H2,1-3H3. The molecule has 0 bridgehead atoms. The van der Waals surface area contributed by atoms with Crippen LogP contribution in [0.4, 0.5) is 5.69 Å². The van der Waals surface area contributed by atoms with E-state index in [0.29, 0.717) is 29.4 Å². The number of rotatable bonds is 7. The van der Waals surface area contributed by atoms with Crippen molar-refractivity contribution in [3.8, 4) is 0 Å². The Balaban J connectivity index is 3.09. The SMILES string of the molecule is CCC(CC)N(CCOC)C(=O)c1c(N)cccc1Cl.